The number of nitrogens with zero attached hydrogens (tertiary/aromatic N) is 4. The molecule has 0 aliphatic carbocycles. The number of thiophene rings is 1. The first-order valence-corrected chi connectivity index (χ1v) is 11.9. The lowest BCUT2D eigenvalue weighted by Gasteiger charge is -2.49. The third-order valence-corrected chi connectivity index (χ3v) is 7.59. The van der Waals surface area contributed by atoms with Crippen molar-refractivity contribution >= 4 is 23.1 Å². The van der Waals surface area contributed by atoms with Gasteiger partial charge >= 0.3 is 6.03 Å². The molecule has 7 nitrogen and oxygen atoms in total. The van der Waals surface area contributed by atoms with Gasteiger partial charge in [0.05, 0.1) is 16.5 Å². The number of hydrogen-bond acceptors (Lipinski definition) is 5. The zero-order chi connectivity index (χ0) is 22.1. The molecule has 0 radical (unpaired) electrons. The van der Waals surface area contributed by atoms with E-state index < -0.39 is 0 Å². The van der Waals surface area contributed by atoms with Crippen molar-refractivity contribution in [3.05, 3.63) is 59.1 Å². The number of nitrogens with one attached hydrogen (secondary N) is 2. The van der Waals surface area contributed by atoms with E-state index >= 15 is 0 Å². The second-order valence-electron chi connectivity index (χ2n) is 8.62. The molecule has 6 rings (SSSR count). The zero-order valence-corrected chi connectivity index (χ0v) is 18.8. The molecule has 4 atom stereocenters. The molecule has 3 aromatic rings. The molecule has 32 heavy (non-hydrogen) atoms. The van der Waals surface area contributed by atoms with E-state index in [9.17, 15) is 4.79 Å². The number of aryl methyl sites for hydroxylation is 1. The first-order valence-electron chi connectivity index (χ1n) is 11.0. The molecular weight excluding hydrogens is 420 g/mol. The van der Waals surface area contributed by atoms with Crippen LogP contribution in [0.4, 0.5) is 10.5 Å². The molecule has 0 saturated carbocycles. The molecule has 2 bridgehead atoms. The molecule has 1 aromatic carbocycles. The van der Waals surface area contributed by atoms with Crippen molar-refractivity contribution in [2.24, 2.45) is 13.0 Å². The molecule has 3 fully saturated rings. The molecule has 3 saturated heterocycles. The summed E-state index contributed by atoms with van der Waals surface area (Å²) in [6.07, 6.45) is 2.27. The summed E-state index contributed by atoms with van der Waals surface area (Å²) >= 11 is 1.72. The third kappa shape index (κ3) is 4.14. The summed E-state index contributed by atoms with van der Waals surface area (Å²) in [6, 6.07) is 15.6. The van der Waals surface area contributed by atoms with Crippen LogP contribution in [0.3, 0.4) is 0 Å². The summed E-state index contributed by atoms with van der Waals surface area (Å²) in [5, 5.41) is 21.7. The number of urea groups is 1. The van der Waals surface area contributed by atoms with E-state index in [1.807, 2.05) is 0 Å². The van der Waals surface area contributed by atoms with Gasteiger partial charge in [-0.1, -0.05) is 12.1 Å². The second kappa shape index (κ2) is 8.77. The highest BCUT2D eigenvalue weighted by atomic mass is 32.1. The van der Waals surface area contributed by atoms with Gasteiger partial charge < -0.3 is 10.6 Å². The number of nitriles is 1. The molecule has 164 valence electrons. The summed E-state index contributed by atoms with van der Waals surface area (Å²) in [5.74, 6) is 1.09. The number of benzene rings is 1. The summed E-state index contributed by atoms with van der Waals surface area (Å²) in [7, 11) is 2.05. The maximum absolute atomic E-state index is 12.4. The van der Waals surface area contributed by atoms with Crippen molar-refractivity contribution < 1.29 is 4.79 Å². The lowest BCUT2D eigenvalue weighted by Crippen LogP contribution is -2.56. The molecule has 2 N–H and O–H groups in total. The van der Waals surface area contributed by atoms with Crippen LogP contribution in [0.1, 0.15) is 30.0 Å². The lowest BCUT2D eigenvalue weighted by molar-refractivity contribution is 0.0296. The van der Waals surface area contributed by atoms with Gasteiger partial charge in [0.1, 0.15) is 5.69 Å². The van der Waals surface area contributed by atoms with E-state index in [0.29, 0.717) is 35.7 Å². The number of aromatic nitrogens is 2. The Morgan fingerprint density at radius 1 is 1.31 bits per heavy atom. The number of piperidine rings is 3. The van der Waals surface area contributed by atoms with Crippen molar-refractivity contribution in [2.45, 2.75) is 24.8 Å². The topological polar surface area (TPSA) is 86.0 Å². The van der Waals surface area contributed by atoms with Crippen LogP contribution in [0.2, 0.25) is 0 Å². The Morgan fingerprint density at radius 3 is 2.97 bits per heavy atom. The van der Waals surface area contributed by atoms with Crippen LogP contribution in [0.15, 0.2) is 47.8 Å². The monoisotopic (exact) mass is 446 g/mol. The van der Waals surface area contributed by atoms with Gasteiger partial charge in [0.25, 0.3) is 0 Å². The van der Waals surface area contributed by atoms with Crippen molar-refractivity contribution in [3.63, 3.8) is 0 Å². The highest BCUT2D eigenvalue weighted by Gasteiger charge is 2.41. The van der Waals surface area contributed by atoms with Crippen molar-refractivity contribution in [3.8, 4) is 16.6 Å². The van der Waals surface area contributed by atoms with Gasteiger partial charge in [-0.2, -0.15) is 10.4 Å². The Kier molecular flexibility index (Phi) is 5.68. The van der Waals surface area contributed by atoms with Crippen LogP contribution < -0.4 is 10.6 Å². The molecule has 5 heterocycles. The van der Waals surface area contributed by atoms with Crippen LogP contribution in [0.5, 0.6) is 0 Å². The largest absolute Gasteiger partial charge is 0.336 e. The second-order valence-corrected chi connectivity index (χ2v) is 9.57. The van der Waals surface area contributed by atoms with Crippen molar-refractivity contribution in [1.82, 2.24) is 20.0 Å². The van der Waals surface area contributed by atoms with E-state index in [2.05, 4.69) is 56.9 Å². The number of carbonyl (C=O) groups excluding carboxylic acids is 1. The van der Waals surface area contributed by atoms with Crippen LogP contribution in [-0.2, 0) is 7.05 Å². The normalized spacial score (nSPS) is 24.1. The van der Waals surface area contributed by atoms with Crippen LogP contribution in [0.25, 0.3) is 10.6 Å². The fourth-order valence-corrected chi connectivity index (χ4v) is 5.79. The number of amides is 2. The van der Waals surface area contributed by atoms with Gasteiger partial charge in [-0.05, 0) is 61.0 Å². The molecule has 2 amide bonds. The molecule has 4 unspecified atom stereocenters. The predicted molar refractivity (Wildman–Crippen MR) is 126 cm³/mol. The highest BCUT2D eigenvalue weighted by Crippen LogP contribution is 2.42. The zero-order valence-electron chi connectivity index (χ0n) is 18.0. The minimum atomic E-state index is -0.230. The van der Waals surface area contributed by atoms with E-state index in [1.165, 1.54) is 17.0 Å². The van der Waals surface area contributed by atoms with E-state index in [4.69, 9.17) is 10.4 Å². The number of rotatable bonds is 5. The number of hydrogen-bond donors (Lipinski definition) is 2. The molecule has 8 heteroatoms. The minimum absolute atomic E-state index is 0.230. The maximum Gasteiger partial charge on any atom is 0.319 e. The predicted octanol–water partition coefficient (Wildman–Crippen LogP) is 4.02. The van der Waals surface area contributed by atoms with Gasteiger partial charge in [-0.25, -0.2) is 4.79 Å². The van der Waals surface area contributed by atoms with Gasteiger partial charge in [0, 0.05) is 43.5 Å². The SMILES string of the molecule is Cn1nc(-c2cccs2)cc1C1CN2CCC1CC2CNC(=O)Nc1cccc(C#N)c1. The van der Waals surface area contributed by atoms with Gasteiger partial charge in [-0.15, -0.1) is 11.3 Å². The first kappa shape index (κ1) is 20.7. The van der Waals surface area contributed by atoms with Gasteiger partial charge in [-0.3, -0.25) is 9.58 Å². The molecule has 3 aliphatic rings. The minimum Gasteiger partial charge on any atom is -0.336 e. The lowest BCUT2D eigenvalue weighted by atomic mass is 9.74. The van der Waals surface area contributed by atoms with Crippen molar-refractivity contribution in [1.29, 1.82) is 5.26 Å². The van der Waals surface area contributed by atoms with Crippen LogP contribution in [0, 0.1) is 17.2 Å². The van der Waals surface area contributed by atoms with E-state index in [1.54, 1.807) is 35.6 Å². The Bertz CT molecular complexity index is 1150. The molecule has 0 spiro atoms. The average Bonchev–Trinajstić information content (AvgIpc) is 3.48. The third-order valence-electron chi connectivity index (χ3n) is 6.70. The van der Waals surface area contributed by atoms with Crippen LogP contribution >= 0.6 is 11.3 Å². The standard InChI is InChI=1S/C24H26N6OS/c1-29-22(12-21(28-29)23-6-3-9-32-23)20-15-30-8-7-17(20)11-19(30)14-26-24(31)27-18-5-2-4-16(10-18)13-25/h2-6,9-10,12,17,19-20H,7-8,11,14-15H2,1H3,(H2,26,27,31). The Morgan fingerprint density at radius 2 is 2.22 bits per heavy atom. The quantitative estimate of drug-likeness (QED) is 0.620. The van der Waals surface area contributed by atoms with E-state index in [0.717, 1.165) is 25.2 Å². The number of fused-ring (bicyclic) bond motifs is 3. The molecular formula is C24H26N6OS. The molecule has 3 aliphatic heterocycles. The summed E-state index contributed by atoms with van der Waals surface area (Å²) in [6.45, 7) is 2.71. The Balaban J connectivity index is 1.19. The molecule has 2 aromatic heterocycles. The summed E-state index contributed by atoms with van der Waals surface area (Å²) < 4.78 is 2.05. The van der Waals surface area contributed by atoms with Crippen molar-refractivity contribution in [2.75, 3.05) is 25.0 Å². The number of anilines is 1. The van der Waals surface area contributed by atoms with Gasteiger partial charge in [0.2, 0.25) is 0 Å². The smallest absolute Gasteiger partial charge is 0.319 e. The fourth-order valence-electron chi connectivity index (χ4n) is 5.11. The summed E-state index contributed by atoms with van der Waals surface area (Å²) in [4.78, 5) is 16.1. The average molecular weight is 447 g/mol. The maximum atomic E-state index is 12.4. The van der Waals surface area contributed by atoms with Gasteiger partial charge in [0.15, 0.2) is 0 Å². The summed E-state index contributed by atoms with van der Waals surface area (Å²) in [5.41, 5.74) is 3.53. The Hall–Kier alpha value is -3.15. The highest BCUT2D eigenvalue weighted by molar-refractivity contribution is 7.13. The van der Waals surface area contributed by atoms with Crippen LogP contribution in [-0.4, -0.2) is 46.4 Å². The number of carbonyl (C=O) groups is 1. The first-order chi connectivity index (χ1) is 15.6. The van der Waals surface area contributed by atoms with E-state index in [-0.39, 0.29) is 6.03 Å². The fraction of sp³-hybridized carbons (Fsp3) is 0.375. The Labute approximate surface area is 191 Å².